The van der Waals surface area contributed by atoms with Crippen molar-refractivity contribution < 1.29 is 12.8 Å². The number of nitrogens with zero attached hydrogens (tertiary/aromatic N) is 1. The molecular formula is C14H16FN3O2S. The lowest BCUT2D eigenvalue weighted by Crippen LogP contribution is -2.24. The SMILES string of the molecule is Cc1cnccc1CNS(=O)(=O)c1cc(N)c(F)cc1C. The highest BCUT2D eigenvalue weighted by atomic mass is 32.2. The van der Waals surface area contributed by atoms with Crippen molar-refractivity contribution in [3.63, 3.8) is 0 Å². The lowest BCUT2D eigenvalue weighted by molar-refractivity contribution is 0.579. The molecule has 2 aromatic rings. The van der Waals surface area contributed by atoms with Crippen LogP contribution in [0.4, 0.5) is 10.1 Å². The van der Waals surface area contributed by atoms with E-state index in [0.717, 1.165) is 23.3 Å². The van der Waals surface area contributed by atoms with Crippen molar-refractivity contribution in [1.82, 2.24) is 9.71 Å². The van der Waals surface area contributed by atoms with Crippen LogP contribution in [0, 0.1) is 19.7 Å². The first-order valence-corrected chi connectivity index (χ1v) is 7.74. The number of rotatable bonds is 4. The Kier molecular flexibility index (Phi) is 4.24. The van der Waals surface area contributed by atoms with Gasteiger partial charge in [-0.3, -0.25) is 4.98 Å². The molecule has 0 radical (unpaired) electrons. The van der Waals surface area contributed by atoms with Gasteiger partial charge in [-0.1, -0.05) is 0 Å². The highest BCUT2D eigenvalue weighted by Crippen LogP contribution is 2.21. The largest absolute Gasteiger partial charge is 0.396 e. The summed E-state index contributed by atoms with van der Waals surface area (Å²) in [6.07, 6.45) is 3.25. The third-order valence-corrected chi connectivity index (χ3v) is 4.72. The van der Waals surface area contributed by atoms with E-state index in [1.54, 1.807) is 18.5 Å². The van der Waals surface area contributed by atoms with Crippen LogP contribution in [0.25, 0.3) is 0 Å². The van der Waals surface area contributed by atoms with Gasteiger partial charge in [-0.2, -0.15) is 0 Å². The number of sulfonamides is 1. The van der Waals surface area contributed by atoms with Crippen LogP contribution in [0.2, 0.25) is 0 Å². The Balaban J connectivity index is 2.27. The summed E-state index contributed by atoms with van der Waals surface area (Å²) in [5.74, 6) is -0.628. The molecule has 0 aliphatic heterocycles. The Morgan fingerprint density at radius 2 is 2.00 bits per heavy atom. The zero-order valence-corrected chi connectivity index (χ0v) is 12.5. The lowest BCUT2D eigenvalue weighted by Gasteiger charge is -2.11. The fourth-order valence-corrected chi connectivity index (χ4v) is 3.18. The van der Waals surface area contributed by atoms with Crippen LogP contribution >= 0.6 is 0 Å². The fourth-order valence-electron chi connectivity index (χ4n) is 1.91. The van der Waals surface area contributed by atoms with E-state index in [-0.39, 0.29) is 17.1 Å². The van der Waals surface area contributed by atoms with Crippen LogP contribution in [0.5, 0.6) is 0 Å². The second-order valence-corrected chi connectivity index (χ2v) is 6.50. The van der Waals surface area contributed by atoms with Crippen LogP contribution < -0.4 is 10.5 Å². The zero-order chi connectivity index (χ0) is 15.6. The Morgan fingerprint density at radius 1 is 1.29 bits per heavy atom. The third kappa shape index (κ3) is 3.37. The summed E-state index contributed by atoms with van der Waals surface area (Å²) >= 11 is 0. The Hall–Kier alpha value is -1.99. The number of nitrogens with one attached hydrogen (secondary N) is 1. The van der Waals surface area contributed by atoms with Crippen LogP contribution in [-0.2, 0) is 16.6 Å². The molecular weight excluding hydrogens is 293 g/mol. The maximum Gasteiger partial charge on any atom is 0.241 e. The predicted molar refractivity (Wildman–Crippen MR) is 78.5 cm³/mol. The minimum absolute atomic E-state index is 0.0203. The number of benzene rings is 1. The zero-order valence-electron chi connectivity index (χ0n) is 11.7. The molecule has 7 heteroatoms. The number of aryl methyl sites for hydroxylation is 2. The number of nitrogen functional groups attached to an aromatic ring is 1. The summed E-state index contributed by atoms with van der Waals surface area (Å²) < 4.78 is 40.4. The molecule has 2 rings (SSSR count). The van der Waals surface area contributed by atoms with Crippen molar-refractivity contribution >= 4 is 15.7 Å². The van der Waals surface area contributed by atoms with Crippen LogP contribution in [-0.4, -0.2) is 13.4 Å². The molecule has 1 heterocycles. The molecule has 0 aliphatic carbocycles. The number of aromatic nitrogens is 1. The highest BCUT2D eigenvalue weighted by molar-refractivity contribution is 7.89. The number of hydrogen-bond acceptors (Lipinski definition) is 4. The molecule has 0 fully saturated rings. The number of anilines is 1. The van der Waals surface area contributed by atoms with Gasteiger partial charge in [-0.15, -0.1) is 0 Å². The average Bonchev–Trinajstić information content (AvgIpc) is 2.42. The van der Waals surface area contributed by atoms with Gasteiger partial charge in [0.15, 0.2) is 0 Å². The van der Waals surface area contributed by atoms with Gasteiger partial charge in [-0.05, 0) is 48.7 Å². The van der Waals surface area contributed by atoms with E-state index >= 15 is 0 Å². The molecule has 0 unspecified atom stereocenters. The van der Waals surface area contributed by atoms with Crippen LogP contribution in [0.15, 0.2) is 35.5 Å². The first-order valence-electron chi connectivity index (χ1n) is 6.26. The molecule has 5 nitrogen and oxygen atoms in total. The first kappa shape index (κ1) is 15.4. The van der Waals surface area contributed by atoms with Gasteiger partial charge in [0.1, 0.15) is 5.82 Å². The molecule has 0 atom stereocenters. The number of halogens is 1. The summed E-state index contributed by atoms with van der Waals surface area (Å²) in [7, 11) is -3.76. The normalized spacial score (nSPS) is 11.6. The molecule has 0 bridgehead atoms. The molecule has 3 N–H and O–H groups in total. The molecule has 0 spiro atoms. The van der Waals surface area contributed by atoms with E-state index in [4.69, 9.17) is 5.73 Å². The quantitative estimate of drug-likeness (QED) is 0.845. The van der Waals surface area contributed by atoms with Crippen molar-refractivity contribution in [3.8, 4) is 0 Å². The standard InChI is InChI=1S/C14H16FN3O2S/c1-9-5-12(15)13(16)6-14(9)21(19,20)18-8-11-3-4-17-7-10(11)2/h3-7,18H,8,16H2,1-2H3. The van der Waals surface area contributed by atoms with Gasteiger partial charge < -0.3 is 5.73 Å². The van der Waals surface area contributed by atoms with E-state index < -0.39 is 15.8 Å². The Labute approximate surface area is 123 Å². The van der Waals surface area contributed by atoms with Crippen molar-refractivity contribution in [2.45, 2.75) is 25.3 Å². The molecule has 0 saturated heterocycles. The summed E-state index contributed by atoms with van der Waals surface area (Å²) in [6, 6.07) is 3.98. The minimum atomic E-state index is -3.76. The molecule has 21 heavy (non-hydrogen) atoms. The van der Waals surface area contributed by atoms with E-state index in [0.29, 0.717) is 5.56 Å². The third-order valence-electron chi connectivity index (χ3n) is 3.17. The number of pyridine rings is 1. The summed E-state index contributed by atoms with van der Waals surface area (Å²) in [5, 5.41) is 0. The van der Waals surface area contributed by atoms with Crippen molar-refractivity contribution in [3.05, 3.63) is 53.1 Å². The molecule has 0 aliphatic rings. The van der Waals surface area contributed by atoms with Crippen molar-refractivity contribution in [1.29, 1.82) is 0 Å². The molecule has 1 aromatic heterocycles. The Morgan fingerprint density at radius 3 is 2.67 bits per heavy atom. The molecule has 0 saturated carbocycles. The molecule has 0 amide bonds. The molecule has 112 valence electrons. The number of nitrogens with two attached hydrogens (primary N) is 1. The fraction of sp³-hybridized carbons (Fsp3) is 0.214. The topological polar surface area (TPSA) is 85.1 Å². The van der Waals surface area contributed by atoms with Crippen LogP contribution in [0.1, 0.15) is 16.7 Å². The average molecular weight is 309 g/mol. The maximum atomic E-state index is 13.3. The van der Waals surface area contributed by atoms with Gasteiger partial charge in [-0.25, -0.2) is 17.5 Å². The second kappa shape index (κ2) is 5.79. The summed E-state index contributed by atoms with van der Waals surface area (Å²) in [6.45, 7) is 3.50. The first-order chi connectivity index (χ1) is 9.81. The van der Waals surface area contributed by atoms with E-state index in [1.807, 2.05) is 6.92 Å². The van der Waals surface area contributed by atoms with E-state index in [9.17, 15) is 12.8 Å². The van der Waals surface area contributed by atoms with Gasteiger partial charge in [0.25, 0.3) is 0 Å². The monoisotopic (exact) mass is 309 g/mol. The minimum Gasteiger partial charge on any atom is -0.396 e. The molecule has 1 aromatic carbocycles. The van der Waals surface area contributed by atoms with Crippen molar-refractivity contribution in [2.75, 3.05) is 5.73 Å². The predicted octanol–water partition coefficient (Wildman–Crippen LogP) is 1.90. The lowest BCUT2D eigenvalue weighted by atomic mass is 10.2. The van der Waals surface area contributed by atoms with Crippen molar-refractivity contribution in [2.24, 2.45) is 0 Å². The van der Waals surface area contributed by atoms with Gasteiger partial charge in [0.2, 0.25) is 10.0 Å². The highest BCUT2D eigenvalue weighted by Gasteiger charge is 2.18. The van der Waals surface area contributed by atoms with Gasteiger partial charge in [0.05, 0.1) is 10.6 Å². The van der Waals surface area contributed by atoms with E-state index in [2.05, 4.69) is 9.71 Å². The van der Waals surface area contributed by atoms with E-state index in [1.165, 1.54) is 6.92 Å². The number of hydrogen-bond donors (Lipinski definition) is 2. The van der Waals surface area contributed by atoms with Gasteiger partial charge >= 0.3 is 0 Å². The summed E-state index contributed by atoms with van der Waals surface area (Å²) in [4.78, 5) is 3.93. The second-order valence-electron chi connectivity index (χ2n) is 4.77. The Bertz CT molecular complexity index is 776. The maximum absolute atomic E-state index is 13.3. The smallest absolute Gasteiger partial charge is 0.241 e. The summed E-state index contributed by atoms with van der Waals surface area (Å²) in [5.41, 5.74) is 7.26. The van der Waals surface area contributed by atoms with Crippen LogP contribution in [0.3, 0.4) is 0 Å². The van der Waals surface area contributed by atoms with Gasteiger partial charge in [0, 0.05) is 18.9 Å².